The average Bonchev–Trinajstić information content (AvgIpc) is 2.02. The molecular formula is C10H12Cl2S. The van der Waals surface area contributed by atoms with E-state index in [1.807, 2.05) is 0 Å². The summed E-state index contributed by atoms with van der Waals surface area (Å²) >= 11 is 13.0. The van der Waals surface area contributed by atoms with Crippen molar-refractivity contribution in [2.75, 3.05) is 5.75 Å². The third kappa shape index (κ3) is 3.80. The van der Waals surface area contributed by atoms with E-state index in [9.17, 15) is 0 Å². The molecule has 0 radical (unpaired) electrons. The van der Waals surface area contributed by atoms with Gasteiger partial charge in [-0.3, -0.25) is 0 Å². The molecule has 0 heterocycles. The molecule has 0 atom stereocenters. The lowest BCUT2D eigenvalue weighted by Gasteiger charge is -2.06. The van der Waals surface area contributed by atoms with Crippen LogP contribution in [0.15, 0.2) is 23.1 Å². The first-order chi connectivity index (χ1) is 6.09. The Hall–Kier alpha value is 0.150. The second-order valence-electron chi connectivity index (χ2n) is 2.97. The molecule has 0 saturated carbocycles. The van der Waals surface area contributed by atoms with Gasteiger partial charge in [-0.15, -0.1) is 35.0 Å². The maximum Gasteiger partial charge on any atom is 0.117 e. The number of alkyl halides is 2. The second kappa shape index (κ2) is 5.14. The highest BCUT2D eigenvalue weighted by atomic mass is 35.5. The van der Waals surface area contributed by atoms with Gasteiger partial charge in [-0.2, -0.15) is 0 Å². The van der Waals surface area contributed by atoms with Crippen LogP contribution in [0.4, 0.5) is 0 Å². The van der Waals surface area contributed by atoms with Gasteiger partial charge in [0.25, 0.3) is 0 Å². The lowest BCUT2D eigenvalue weighted by atomic mass is 10.2. The number of aryl methyl sites for hydroxylation is 2. The molecule has 3 heteroatoms. The standard InChI is InChI=1S/C10H12Cl2S/c1-7-3-4-9(8(2)5-7)13-6-10(11)12/h3-5,10H,6H2,1-2H3. The predicted molar refractivity (Wildman–Crippen MR) is 62.1 cm³/mol. The Morgan fingerprint density at radius 3 is 2.54 bits per heavy atom. The van der Waals surface area contributed by atoms with Gasteiger partial charge in [-0.1, -0.05) is 17.7 Å². The molecule has 0 N–H and O–H groups in total. The Morgan fingerprint density at radius 1 is 1.31 bits per heavy atom. The average molecular weight is 235 g/mol. The summed E-state index contributed by atoms with van der Waals surface area (Å²) in [7, 11) is 0. The molecule has 0 nitrogen and oxygen atoms in total. The van der Waals surface area contributed by atoms with Gasteiger partial charge in [0, 0.05) is 10.6 Å². The fourth-order valence-corrected chi connectivity index (χ4v) is 2.25. The van der Waals surface area contributed by atoms with Gasteiger partial charge in [-0.25, -0.2) is 0 Å². The summed E-state index contributed by atoms with van der Waals surface area (Å²) in [6, 6.07) is 6.39. The van der Waals surface area contributed by atoms with E-state index >= 15 is 0 Å². The number of rotatable bonds is 3. The van der Waals surface area contributed by atoms with E-state index in [1.165, 1.54) is 16.0 Å². The summed E-state index contributed by atoms with van der Waals surface area (Å²) in [4.78, 5) is 0.975. The Balaban J connectivity index is 2.67. The molecule has 0 aliphatic heterocycles. The summed E-state index contributed by atoms with van der Waals surface area (Å²) in [5, 5.41) is 0. The van der Waals surface area contributed by atoms with E-state index in [0.717, 1.165) is 5.75 Å². The predicted octanol–water partition coefficient (Wildman–Crippen LogP) is 4.20. The van der Waals surface area contributed by atoms with Crippen molar-refractivity contribution in [3.05, 3.63) is 29.3 Å². The fourth-order valence-electron chi connectivity index (χ4n) is 1.11. The molecule has 0 spiro atoms. The van der Waals surface area contributed by atoms with E-state index < -0.39 is 0 Å². The molecule has 0 amide bonds. The minimum absolute atomic E-state index is 0.286. The zero-order valence-electron chi connectivity index (χ0n) is 7.68. The van der Waals surface area contributed by atoms with E-state index in [2.05, 4.69) is 32.0 Å². The highest BCUT2D eigenvalue weighted by Gasteiger charge is 2.02. The second-order valence-corrected chi connectivity index (χ2v) is 5.31. The van der Waals surface area contributed by atoms with Gasteiger partial charge in [0.05, 0.1) is 0 Å². The van der Waals surface area contributed by atoms with E-state index in [4.69, 9.17) is 23.2 Å². The van der Waals surface area contributed by atoms with E-state index in [-0.39, 0.29) is 4.84 Å². The topological polar surface area (TPSA) is 0 Å². The minimum atomic E-state index is -0.286. The van der Waals surface area contributed by atoms with Crippen molar-refractivity contribution in [1.82, 2.24) is 0 Å². The van der Waals surface area contributed by atoms with E-state index in [1.54, 1.807) is 11.8 Å². The lowest BCUT2D eigenvalue weighted by molar-refractivity contribution is 1.25. The van der Waals surface area contributed by atoms with Gasteiger partial charge in [0.15, 0.2) is 0 Å². The molecule has 1 aromatic carbocycles. The van der Waals surface area contributed by atoms with Crippen molar-refractivity contribution < 1.29 is 0 Å². The number of hydrogen-bond acceptors (Lipinski definition) is 1. The molecule has 0 aromatic heterocycles. The van der Waals surface area contributed by atoms with Gasteiger partial charge in [0.2, 0.25) is 0 Å². The fraction of sp³-hybridized carbons (Fsp3) is 0.400. The van der Waals surface area contributed by atoms with Crippen molar-refractivity contribution in [2.45, 2.75) is 23.6 Å². The van der Waals surface area contributed by atoms with Crippen LogP contribution in [0.25, 0.3) is 0 Å². The first-order valence-corrected chi connectivity index (χ1v) is 5.93. The molecule has 0 saturated heterocycles. The summed E-state index contributed by atoms with van der Waals surface area (Å²) in [6.45, 7) is 4.19. The smallest absolute Gasteiger partial charge is 0.117 e. The monoisotopic (exact) mass is 234 g/mol. The van der Waals surface area contributed by atoms with Gasteiger partial charge >= 0.3 is 0 Å². The molecule has 1 rings (SSSR count). The highest BCUT2D eigenvalue weighted by molar-refractivity contribution is 7.99. The van der Waals surface area contributed by atoms with Crippen molar-refractivity contribution in [3.8, 4) is 0 Å². The Bertz CT molecular complexity index is 284. The Kier molecular flexibility index (Phi) is 4.43. The number of thioether (sulfide) groups is 1. The van der Waals surface area contributed by atoms with Crippen LogP contribution in [0.2, 0.25) is 0 Å². The largest absolute Gasteiger partial charge is 0.123 e. The summed E-state index contributed by atoms with van der Waals surface area (Å²) in [6.07, 6.45) is 0. The van der Waals surface area contributed by atoms with Crippen LogP contribution in [0.3, 0.4) is 0 Å². The van der Waals surface area contributed by atoms with Crippen molar-refractivity contribution in [1.29, 1.82) is 0 Å². The summed E-state index contributed by atoms with van der Waals surface area (Å²) in [5.41, 5.74) is 2.58. The molecule has 13 heavy (non-hydrogen) atoms. The Morgan fingerprint density at radius 2 is 2.00 bits per heavy atom. The first kappa shape index (κ1) is 11.2. The number of halogens is 2. The van der Waals surface area contributed by atoms with Crippen molar-refractivity contribution in [3.63, 3.8) is 0 Å². The lowest BCUT2D eigenvalue weighted by Crippen LogP contribution is -1.91. The number of benzene rings is 1. The maximum atomic E-state index is 5.66. The summed E-state index contributed by atoms with van der Waals surface area (Å²) in [5.74, 6) is 0.743. The van der Waals surface area contributed by atoms with Crippen LogP contribution in [-0.4, -0.2) is 10.6 Å². The van der Waals surface area contributed by atoms with E-state index in [0.29, 0.717) is 0 Å². The van der Waals surface area contributed by atoms with Crippen molar-refractivity contribution in [2.24, 2.45) is 0 Å². The van der Waals surface area contributed by atoms with Gasteiger partial charge in [-0.05, 0) is 25.5 Å². The van der Waals surface area contributed by atoms with Gasteiger partial charge in [0.1, 0.15) is 4.84 Å². The third-order valence-corrected chi connectivity index (χ3v) is 3.64. The van der Waals surface area contributed by atoms with Crippen LogP contribution >= 0.6 is 35.0 Å². The SMILES string of the molecule is Cc1ccc(SCC(Cl)Cl)c(C)c1. The molecule has 72 valence electrons. The third-order valence-electron chi connectivity index (χ3n) is 1.70. The Labute approximate surface area is 93.6 Å². The number of hydrogen-bond donors (Lipinski definition) is 0. The molecule has 0 aliphatic rings. The normalized spacial score (nSPS) is 10.8. The highest BCUT2D eigenvalue weighted by Crippen LogP contribution is 2.25. The summed E-state index contributed by atoms with van der Waals surface area (Å²) < 4.78 is 0. The van der Waals surface area contributed by atoms with Crippen LogP contribution in [0, 0.1) is 13.8 Å². The first-order valence-electron chi connectivity index (χ1n) is 4.08. The maximum absolute atomic E-state index is 5.66. The molecule has 0 bridgehead atoms. The minimum Gasteiger partial charge on any atom is -0.123 e. The molecule has 0 unspecified atom stereocenters. The van der Waals surface area contributed by atoms with Crippen LogP contribution in [0.5, 0.6) is 0 Å². The van der Waals surface area contributed by atoms with Crippen LogP contribution in [0.1, 0.15) is 11.1 Å². The van der Waals surface area contributed by atoms with Gasteiger partial charge < -0.3 is 0 Å². The quantitative estimate of drug-likeness (QED) is 0.559. The molecule has 0 fully saturated rings. The molecule has 0 aliphatic carbocycles. The zero-order valence-corrected chi connectivity index (χ0v) is 10.0. The van der Waals surface area contributed by atoms with Crippen LogP contribution < -0.4 is 0 Å². The van der Waals surface area contributed by atoms with Crippen LogP contribution in [-0.2, 0) is 0 Å². The van der Waals surface area contributed by atoms with Crippen molar-refractivity contribution >= 4 is 35.0 Å². The molecule has 1 aromatic rings. The molecular weight excluding hydrogens is 223 g/mol. The zero-order chi connectivity index (χ0) is 9.84.